The SMILES string of the molecule is CCCCN(C)C(=O)c1ccc(C(=O)Nc2ccc(C(C)=O)cc2)cc1. The number of nitrogens with one attached hydrogen (secondary N) is 1. The number of hydrogen-bond acceptors (Lipinski definition) is 3. The fraction of sp³-hybridized carbons (Fsp3) is 0.286. The monoisotopic (exact) mass is 352 g/mol. The largest absolute Gasteiger partial charge is 0.342 e. The normalized spacial score (nSPS) is 10.3. The Hall–Kier alpha value is -2.95. The van der Waals surface area contributed by atoms with Gasteiger partial charge in [0.25, 0.3) is 11.8 Å². The summed E-state index contributed by atoms with van der Waals surface area (Å²) in [6.07, 6.45) is 2.00. The molecule has 0 unspecified atom stereocenters. The Bertz CT molecular complexity index is 780. The first-order valence-electron chi connectivity index (χ1n) is 8.70. The fourth-order valence-corrected chi connectivity index (χ4v) is 2.47. The van der Waals surface area contributed by atoms with E-state index in [1.54, 1.807) is 60.5 Å². The number of Topliss-reactive ketones (excluding diaryl/α,β-unsaturated/α-hetero) is 1. The van der Waals surface area contributed by atoms with Crippen molar-refractivity contribution in [3.8, 4) is 0 Å². The third kappa shape index (κ3) is 5.02. The van der Waals surface area contributed by atoms with Crippen LogP contribution in [0, 0.1) is 0 Å². The van der Waals surface area contributed by atoms with Crippen LogP contribution in [0.15, 0.2) is 48.5 Å². The fourth-order valence-electron chi connectivity index (χ4n) is 2.47. The van der Waals surface area contributed by atoms with E-state index in [1.807, 2.05) is 0 Å². The molecule has 2 amide bonds. The van der Waals surface area contributed by atoms with E-state index in [1.165, 1.54) is 6.92 Å². The lowest BCUT2D eigenvalue weighted by Gasteiger charge is -2.16. The Kier molecular flexibility index (Phi) is 6.67. The van der Waals surface area contributed by atoms with Crippen molar-refractivity contribution < 1.29 is 14.4 Å². The minimum Gasteiger partial charge on any atom is -0.342 e. The van der Waals surface area contributed by atoms with Gasteiger partial charge < -0.3 is 10.2 Å². The summed E-state index contributed by atoms with van der Waals surface area (Å²) < 4.78 is 0. The third-order valence-corrected chi connectivity index (χ3v) is 4.14. The molecule has 0 spiro atoms. The van der Waals surface area contributed by atoms with Gasteiger partial charge in [0.1, 0.15) is 0 Å². The van der Waals surface area contributed by atoms with Crippen molar-refractivity contribution in [2.45, 2.75) is 26.7 Å². The van der Waals surface area contributed by atoms with E-state index in [2.05, 4.69) is 12.2 Å². The van der Waals surface area contributed by atoms with Gasteiger partial charge in [-0.25, -0.2) is 0 Å². The number of unbranched alkanes of at least 4 members (excludes halogenated alkanes) is 1. The molecule has 2 aromatic carbocycles. The van der Waals surface area contributed by atoms with Gasteiger partial charge in [0, 0.05) is 36.0 Å². The lowest BCUT2D eigenvalue weighted by Crippen LogP contribution is -2.27. The standard InChI is InChI=1S/C21H24N2O3/c1-4-5-14-23(3)21(26)18-8-6-17(7-9-18)20(25)22-19-12-10-16(11-13-19)15(2)24/h6-13H,4-5,14H2,1-3H3,(H,22,25). The molecular weight excluding hydrogens is 328 g/mol. The van der Waals surface area contributed by atoms with E-state index in [4.69, 9.17) is 0 Å². The number of rotatable bonds is 7. The highest BCUT2D eigenvalue weighted by atomic mass is 16.2. The van der Waals surface area contributed by atoms with Crippen LogP contribution in [0.3, 0.4) is 0 Å². The summed E-state index contributed by atoms with van der Waals surface area (Å²) in [7, 11) is 1.78. The van der Waals surface area contributed by atoms with Crippen molar-refractivity contribution in [1.82, 2.24) is 4.90 Å². The molecule has 2 aromatic rings. The molecule has 0 aromatic heterocycles. The van der Waals surface area contributed by atoms with E-state index in [9.17, 15) is 14.4 Å². The highest BCUT2D eigenvalue weighted by Crippen LogP contribution is 2.13. The van der Waals surface area contributed by atoms with Crippen LogP contribution in [0.5, 0.6) is 0 Å². The summed E-state index contributed by atoms with van der Waals surface area (Å²) >= 11 is 0. The summed E-state index contributed by atoms with van der Waals surface area (Å²) in [6, 6.07) is 13.3. The van der Waals surface area contributed by atoms with Crippen LogP contribution in [-0.2, 0) is 0 Å². The Morgan fingerprint density at radius 2 is 1.42 bits per heavy atom. The Morgan fingerprint density at radius 3 is 1.96 bits per heavy atom. The molecule has 0 aliphatic carbocycles. The van der Waals surface area contributed by atoms with Crippen molar-refractivity contribution in [1.29, 1.82) is 0 Å². The molecule has 5 heteroatoms. The van der Waals surface area contributed by atoms with E-state index >= 15 is 0 Å². The van der Waals surface area contributed by atoms with Gasteiger partial charge >= 0.3 is 0 Å². The number of anilines is 1. The van der Waals surface area contributed by atoms with Crippen molar-refractivity contribution >= 4 is 23.3 Å². The van der Waals surface area contributed by atoms with Gasteiger partial charge in [0.15, 0.2) is 5.78 Å². The molecule has 0 atom stereocenters. The van der Waals surface area contributed by atoms with Crippen LogP contribution >= 0.6 is 0 Å². The van der Waals surface area contributed by atoms with Crippen LogP contribution in [0.4, 0.5) is 5.69 Å². The quantitative estimate of drug-likeness (QED) is 0.766. The lowest BCUT2D eigenvalue weighted by atomic mass is 10.1. The van der Waals surface area contributed by atoms with E-state index in [0.717, 1.165) is 12.8 Å². The second kappa shape index (κ2) is 8.94. The zero-order valence-corrected chi connectivity index (χ0v) is 15.4. The van der Waals surface area contributed by atoms with E-state index in [0.29, 0.717) is 28.9 Å². The zero-order chi connectivity index (χ0) is 19.1. The summed E-state index contributed by atoms with van der Waals surface area (Å²) in [5, 5.41) is 2.78. The average Bonchev–Trinajstić information content (AvgIpc) is 2.66. The van der Waals surface area contributed by atoms with Gasteiger partial charge in [-0.05, 0) is 61.9 Å². The third-order valence-electron chi connectivity index (χ3n) is 4.14. The predicted molar refractivity (Wildman–Crippen MR) is 103 cm³/mol. The van der Waals surface area contributed by atoms with Crippen LogP contribution in [-0.4, -0.2) is 36.1 Å². The Morgan fingerprint density at radius 1 is 0.885 bits per heavy atom. The van der Waals surface area contributed by atoms with Gasteiger partial charge in [-0.15, -0.1) is 0 Å². The second-order valence-corrected chi connectivity index (χ2v) is 6.25. The van der Waals surface area contributed by atoms with Gasteiger partial charge in [-0.1, -0.05) is 13.3 Å². The van der Waals surface area contributed by atoms with Crippen LogP contribution in [0.25, 0.3) is 0 Å². The molecule has 0 heterocycles. The molecule has 0 saturated carbocycles. The number of benzene rings is 2. The van der Waals surface area contributed by atoms with Gasteiger partial charge in [-0.3, -0.25) is 14.4 Å². The van der Waals surface area contributed by atoms with Crippen LogP contribution in [0.2, 0.25) is 0 Å². The first-order valence-corrected chi connectivity index (χ1v) is 8.70. The zero-order valence-electron chi connectivity index (χ0n) is 15.4. The summed E-state index contributed by atoms with van der Waals surface area (Å²) in [5.41, 5.74) is 2.23. The number of ketones is 1. The summed E-state index contributed by atoms with van der Waals surface area (Å²) in [4.78, 5) is 37.6. The second-order valence-electron chi connectivity index (χ2n) is 6.25. The molecule has 2 rings (SSSR count). The van der Waals surface area contributed by atoms with Gasteiger partial charge in [-0.2, -0.15) is 0 Å². The molecule has 0 radical (unpaired) electrons. The van der Waals surface area contributed by atoms with Crippen LogP contribution < -0.4 is 5.32 Å². The Labute approximate surface area is 154 Å². The van der Waals surface area contributed by atoms with Crippen molar-refractivity contribution in [3.63, 3.8) is 0 Å². The Balaban J connectivity index is 2.01. The highest BCUT2D eigenvalue weighted by molar-refractivity contribution is 6.05. The van der Waals surface area contributed by atoms with Gasteiger partial charge in [0.2, 0.25) is 0 Å². The smallest absolute Gasteiger partial charge is 0.255 e. The van der Waals surface area contributed by atoms with Crippen molar-refractivity contribution in [3.05, 3.63) is 65.2 Å². The highest BCUT2D eigenvalue weighted by Gasteiger charge is 2.12. The molecule has 0 saturated heterocycles. The molecule has 0 aliphatic rings. The lowest BCUT2D eigenvalue weighted by molar-refractivity contribution is 0.0792. The number of carbonyl (C=O) groups excluding carboxylic acids is 3. The molecule has 26 heavy (non-hydrogen) atoms. The maximum atomic E-state index is 12.3. The minimum absolute atomic E-state index is 0.0213. The maximum Gasteiger partial charge on any atom is 0.255 e. The molecule has 1 N–H and O–H groups in total. The molecular formula is C21H24N2O3. The number of hydrogen-bond donors (Lipinski definition) is 1. The maximum absolute atomic E-state index is 12.3. The first-order chi connectivity index (χ1) is 12.4. The molecule has 136 valence electrons. The van der Waals surface area contributed by atoms with E-state index in [-0.39, 0.29) is 17.6 Å². The van der Waals surface area contributed by atoms with Crippen LogP contribution in [0.1, 0.15) is 57.8 Å². The molecule has 0 fully saturated rings. The number of carbonyl (C=O) groups is 3. The molecule has 5 nitrogen and oxygen atoms in total. The molecule has 0 bridgehead atoms. The number of nitrogens with zero attached hydrogens (tertiary/aromatic N) is 1. The van der Waals surface area contributed by atoms with Crippen molar-refractivity contribution in [2.24, 2.45) is 0 Å². The minimum atomic E-state index is -0.265. The molecule has 0 aliphatic heterocycles. The van der Waals surface area contributed by atoms with E-state index < -0.39 is 0 Å². The average molecular weight is 352 g/mol. The number of amides is 2. The summed E-state index contributed by atoms with van der Waals surface area (Å²) in [5.74, 6) is -0.337. The van der Waals surface area contributed by atoms with Gasteiger partial charge in [0.05, 0.1) is 0 Å². The first kappa shape index (κ1) is 19.4. The predicted octanol–water partition coefficient (Wildman–Crippen LogP) is 4.01. The summed E-state index contributed by atoms with van der Waals surface area (Å²) in [6.45, 7) is 4.29. The topological polar surface area (TPSA) is 66.5 Å². The van der Waals surface area contributed by atoms with Crippen molar-refractivity contribution in [2.75, 3.05) is 18.9 Å².